The molecular weight excluding hydrogens is 395 g/mol. The predicted molar refractivity (Wildman–Crippen MR) is 101 cm³/mol. The minimum absolute atomic E-state index is 0.412. The molecular formula is C18H25BrF3NSi. The van der Waals surface area contributed by atoms with Crippen molar-refractivity contribution >= 4 is 35.1 Å². The number of aromatic nitrogens is 1. The molecule has 0 saturated carbocycles. The van der Waals surface area contributed by atoms with Crippen LogP contribution in [0.5, 0.6) is 0 Å². The molecule has 2 aromatic rings. The van der Waals surface area contributed by atoms with Crippen molar-refractivity contribution in [2.24, 2.45) is 0 Å². The number of rotatable bonds is 4. The molecule has 0 bridgehead atoms. The Morgan fingerprint density at radius 1 is 0.958 bits per heavy atom. The van der Waals surface area contributed by atoms with E-state index in [0.717, 1.165) is 9.86 Å². The van der Waals surface area contributed by atoms with Crippen LogP contribution in [-0.4, -0.2) is 12.5 Å². The second-order valence-corrected chi connectivity index (χ2v) is 14.0. The van der Waals surface area contributed by atoms with Crippen molar-refractivity contribution in [1.82, 2.24) is 4.23 Å². The SMILES string of the molecule is CC(C)[Si](C(C)C)(C(C)C)n1cc(Br)c2ccc(C(F)(F)F)cc21. The largest absolute Gasteiger partial charge is 0.416 e. The fraction of sp³-hybridized carbons (Fsp3) is 0.556. The third-order valence-electron chi connectivity index (χ3n) is 5.28. The van der Waals surface area contributed by atoms with Crippen LogP contribution < -0.4 is 0 Å². The van der Waals surface area contributed by atoms with E-state index >= 15 is 0 Å². The Morgan fingerprint density at radius 3 is 1.88 bits per heavy atom. The first kappa shape index (κ1) is 19.6. The van der Waals surface area contributed by atoms with Crippen molar-refractivity contribution in [3.05, 3.63) is 34.4 Å². The number of halogens is 4. The van der Waals surface area contributed by atoms with E-state index in [-0.39, 0.29) is 0 Å². The minimum Gasteiger partial charge on any atom is -0.372 e. The maximum absolute atomic E-state index is 13.2. The minimum atomic E-state index is -4.33. The van der Waals surface area contributed by atoms with E-state index in [1.165, 1.54) is 12.1 Å². The monoisotopic (exact) mass is 419 g/mol. The van der Waals surface area contributed by atoms with Gasteiger partial charge in [-0.25, -0.2) is 0 Å². The van der Waals surface area contributed by atoms with Gasteiger partial charge in [0.05, 0.1) is 5.56 Å². The van der Waals surface area contributed by atoms with E-state index < -0.39 is 20.0 Å². The molecule has 0 aliphatic carbocycles. The highest BCUT2D eigenvalue weighted by atomic mass is 79.9. The summed E-state index contributed by atoms with van der Waals surface area (Å²) in [6.07, 6.45) is -2.31. The molecule has 0 fully saturated rings. The molecule has 1 heterocycles. The van der Waals surface area contributed by atoms with Crippen molar-refractivity contribution in [1.29, 1.82) is 0 Å². The second-order valence-electron chi connectivity index (χ2n) is 7.43. The van der Waals surface area contributed by atoms with Gasteiger partial charge in [0.2, 0.25) is 0 Å². The van der Waals surface area contributed by atoms with Gasteiger partial charge in [0, 0.05) is 21.6 Å². The molecule has 0 atom stereocenters. The summed E-state index contributed by atoms with van der Waals surface area (Å²) in [6, 6.07) is 4.06. The normalized spacial score (nSPS) is 13.7. The maximum atomic E-state index is 13.2. The van der Waals surface area contributed by atoms with Crippen LogP contribution >= 0.6 is 15.9 Å². The Kier molecular flexibility index (Phi) is 5.32. The third-order valence-corrected chi connectivity index (χ3v) is 12.7. The van der Waals surface area contributed by atoms with Gasteiger partial charge in [0.25, 0.3) is 0 Å². The summed E-state index contributed by atoms with van der Waals surface area (Å²) >= 11 is 3.55. The molecule has 2 rings (SSSR count). The molecule has 24 heavy (non-hydrogen) atoms. The Morgan fingerprint density at radius 2 is 1.46 bits per heavy atom. The molecule has 1 nitrogen and oxygen atoms in total. The van der Waals surface area contributed by atoms with Crippen LogP contribution in [0.2, 0.25) is 16.6 Å². The lowest BCUT2D eigenvalue weighted by molar-refractivity contribution is -0.137. The molecule has 1 aromatic heterocycles. The molecule has 6 heteroatoms. The topological polar surface area (TPSA) is 4.93 Å². The number of hydrogen-bond acceptors (Lipinski definition) is 0. The highest BCUT2D eigenvalue weighted by Gasteiger charge is 2.46. The first-order valence-electron chi connectivity index (χ1n) is 8.32. The van der Waals surface area contributed by atoms with Crippen LogP contribution in [0.4, 0.5) is 13.2 Å². The van der Waals surface area contributed by atoms with E-state index in [2.05, 4.69) is 61.7 Å². The smallest absolute Gasteiger partial charge is 0.372 e. The van der Waals surface area contributed by atoms with Gasteiger partial charge in [0.15, 0.2) is 8.24 Å². The second kappa shape index (κ2) is 6.52. The molecule has 0 N–H and O–H groups in total. The summed E-state index contributed by atoms with van der Waals surface area (Å²) in [6.45, 7) is 13.2. The van der Waals surface area contributed by atoms with Crippen molar-refractivity contribution in [3.8, 4) is 0 Å². The lowest BCUT2D eigenvalue weighted by atomic mass is 10.1. The molecule has 0 aliphatic heterocycles. The fourth-order valence-electron chi connectivity index (χ4n) is 4.52. The Bertz CT molecular complexity index is 710. The van der Waals surface area contributed by atoms with Crippen LogP contribution in [0.25, 0.3) is 10.9 Å². The molecule has 0 spiro atoms. The summed E-state index contributed by atoms with van der Waals surface area (Å²) in [7, 11) is -2.11. The van der Waals surface area contributed by atoms with E-state index in [1.54, 1.807) is 6.07 Å². The summed E-state index contributed by atoms with van der Waals surface area (Å²) < 4.78 is 42.7. The van der Waals surface area contributed by atoms with Gasteiger partial charge in [-0.3, -0.25) is 0 Å². The summed E-state index contributed by atoms with van der Waals surface area (Å²) in [5.41, 5.74) is 1.35. The van der Waals surface area contributed by atoms with E-state index in [0.29, 0.717) is 22.1 Å². The van der Waals surface area contributed by atoms with E-state index in [1.807, 2.05) is 6.20 Å². The van der Waals surface area contributed by atoms with Crippen LogP contribution in [0.3, 0.4) is 0 Å². The van der Waals surface area contributed by atoms with Gasteiger partial charge in [-0.2, -0.15) is 13.2 Å². The van der Waals surface area contributed by atoms with Crippen LogP contribution in [0.1, 0.15) is 47.1 Å². The molecule has 0 unspecified atom stereocenters. The van der Waals surface area contributed by atoms with Gasteiger partial charge >= 0.3 is 6.18 Å². The lowest BCUT2D eigenvalue weighted by Gasteiger charge is -2.44. The number of nitrogens with zero attached hydrogens (tertiary/aromatic N) is 1. The van der Waals surface area contributed by atoms with Crippen LogP contribution in [0.15, 0.2) is 28.9 Å². The van der Waals surface area contributed by atoms with Gasteiger partial charge < -0.3 is 4.23 Å². The molecule has 0 radical (unpaired) electrons. The van der Waals surface area contributed by atoms with Gasteiger partial charge in [-0.15, -0.1) is 0 Å². The number of hydrogen-bond donors (Lipinski definition) is 0. The Balaban J connectivity index is 2.88. The third kappa shape index (κ3) is 2.96. The van der Waals surface area contributed by atoms with Gasteiger partial charge in [0.1, 0.15) is 0 Å². The molecule has 134 valence electrons. The quantitative estimate of drug-likeness (QED) is 0.453. The average Bonchev–Trinajstić information content (AvgIpc) is 2.74. The zero-order valence-electron chi connectivity index (χ0n) is 15.0. The molecule has 0 amide bonds. The fourth-order valence-corrected chi connectivity index (χ4v) is 11.9. The number of benzene rings is 1. The van der Waals surface area contributed by atoms with Crippen LogP contribution in [-0.2, 0) is 6.18 Å². The summed E-state index contributed by atoms with van der Waals surface area (Å²) in [5.74, 6) is 0. The highest BCUT2D eigenvalue weighted by molar-refractivity contribution is 9.10. The van der Waals surface area contributed by atoms with Crippen molar-refractivity contribution in [2.45, 2.75) is 64.3 Å². The lowest BCUT2D eigenvalue weighted by Crippen LogP contribution is -2.51. The van der Waals surface area contributed by atoms with E-state index in [9.17, 15) is 13.2 Å². The molecule has 1 aromatic carbocycles. The van der Waals surface area contributed by atoms with Gasteiger partial charge in [-0.05, 0) is 44.7 Å². The van der Waals surface area contributed by atoms with Gasteiger partial charge in [-0.1, -0.05) is 47.6 Å². The van der Waals surface area contributed by atoms with Crippen molar-refractivity contribution < 1.29 is 13.2 Å². The predicted octanol–water partition coefficient (Wildman–Crippen LogP) is 7.45. The number of fused-ring (bicyclic) bond motifs is 1. The van der Waals surface area contributed by atoms with Crippen LogP contribution in [0, 0.1) is 0 Å². The van der Waals surface area contributed by atoms with E-state index in [4.69, 9.17) is 0 Å². The maximum Gasteiger partial charge on any atom is 0.416 e. The molecule has 0 aliphatic rings. The zero-order valence-corrected chi connectivity index (χ0v) is 17.6. The average molecular weight is 420 g/mol. The standard InChI is InChI=1S/C18H25BrF3NSi/c1-11(2)24(12(3)4,13(5)6)23-10-16(19)15-8-7-14(9-17(15)23)18(20,21)22/h7-13H,1-6H3. The van der Waals surface area contributed by atoms with Crippen molar-refractivity contribution in [3.63, 3.8) is 0 Å². The zero-order chi connectivity index (χ0) is 18.4. The van der Waals surface area contributed by atoms with Crippen molar-refractivity contribution in [2.75, 3.05) is 0 Å². The Labute approximate surface area is 151 Å². The molecule has 0 saturated heterocycles. The Hall–Kier alpha value is -0.753. The highest BCUT2D eigenvalue weighted by Crippen LogP contribution is 2.46. The number of alkyl halides is 3. The summed E-state index contributed by atoms with van der Waals surface area (Å²) in [4.78, 5) is 0. The summed E-state index contributed by atoms with van der Waals surface area (Å²) in [5, 5.41) is 0.849. The first-order chi connectivity index (χ1) is 10.9. The first-order valence-corrected chi connectivity index (χ1v) is 11.3.